The molecule has 0 atom stereocenters. The van der Waals surface area contributed by atoms with E-state index in [1.165, 1.54) is 0 Å². The fourth-order valence-corrected chi connectivity index (χ4v) is 2.73. The average molecular weight is 285 g/mol. The van der Waals surface area contributed by atoms with Crippen molar-refractivity contribution in [3.05, 3.63) is 59.1 Å². The molecule has 0 radical (unpaired) electrons. The van der Waals surface area contributed by atoms with Gasteiger partial charge in [0.25, 0.3) is 0 Å². The molecule has 3 rings (SSSR count). The molecule has 0 saturated carbocycles. The predicted molar refractivity (Wildman–Crippen MR) is 86.4 cm³/mol. The van der Waals surface area contributed by atoms with Crippen molar-refractivity contribution in [3.63, 3.8) is 0 Å². The van der Waals surface area contributed by atoms with Crippen molar-refractivity contribution in [1.82, 2.24) is 0 Å². The van der Waals surface area contributed by atoms with E-state index in [2.05, 4.69) is 31.3 Å². The summed E-state index contributed by atoms with van der Waals surface area (Å²) in [4.78, 5) is 4.80. The Morgan fingerprint density at radius 3 is 2.55 bits per heavy atom. The monoisotopic (exact) mass is 284 g/mol. The molecule has 0 spiro atoms. The minimum absolute atomic E-state index is 0.00551. The highest BCUT2D eigenvalue weighted by Gasteiger charge is 2.28. The fraction of sp³-hybridized carbons (Fsp3) is 0.235. The molecule has 0 aliphatic carbocycles. The number of aliphatic imine (C=N–C) groups is 1. The summed E-state index contributed by atoms with van der Waals surface area (Å²) in [5.74, 6) is 0. The molecule has 2 nitrogen and oxygen atoms in total. The van der Waals surface area contributed by atoms with Crippen LogP contribution in [0.15, 0.2) is 53.5 Å². The number of hydrogen-bond donors (Lipinski definition) is 1. The van der Waals surface area contributed by atoms with Gasteiger partial charge in [0.15, 0.2) is 0 Å². The van der Waals surface area contributed by atoms with Crippen LogP contribution in [0, 0.1) is 0 Å². The SMILES string of the molecule is CC1(C)CC(=Nc2ccccc2Cl)c2ccccc2N1. The van der Waals surface area contributed by atoms with Gasteiger partial charge in [-0.2, -0.15) is 0 Å². The Hall–Kier alpha value is -1.80. The third-order valence-corrected chi connectivity index (χ3v) is 3.75. The average Bonchev–Trinajstić information content (AvgIpc) is 2.40. The second-order valence-electron chi connectivity index (χ2n) is 5.74. The maximum atomic E-state index is 6.22. The summed E-state index contributed by atoms with van der Waals surface area (Å²) in [5.41, 5.74) is 4.20. The molecule has 1 aliphatic heterocycles. The summed E-state index contributed by atoms with van der Waals surface area (Å²) < 4.78 is 0. The van der Waals surface area contributed by atoms with Gasteiger partial charge in [0.2, 0.25) is 0 Å². The van der Waals surface area contributed by atoms with E-state index in [0.29, 0.717) is 5.02 Å². The Kier molecular flexibility index (Phi) is 3.27. The van der Waals surface area contributed by atoms with E-state index in [0.717, 1.165) is 29.1 Å². The lowest BCUT2D eigenvalue weighted by Gasteiger charge is -2.34. The lowest BCUT2D eigenvalue weighted by atomic mass is 9.87. The largest absolute Gasteiger partial charge is 0.379 e. The lowest BCUT2D eigenvalue weighted by molar-refractivity contribution is 0.585. The molecule has 0 bridgehead atoms. The Bertz CT molecular complexity index is 674. The fourth-order valence-electron chi connectivity index (χ4n) is 2.55. The summed E-state index contributed by atoms with van der Waals surface area (Å²) in [6.07, 6.45) is 0.870. The van der Waals surface area contributed by atoms with Gasteiger partial charge in [0.05, 0.1) is 16.4 Å². The zero-order valence-corrected chi connectivity index (χ0v) is 12.4. The molecular weight excluding hydrogens is 268 g/mol. The van der Waals surface area contributed by atoms with Crippen molar-refractivity contribution in [3.8, 4) is 0 Å². The van der Waals surface area contributed by atoms with Crippen molar-refractivity contribution >= 4 is 28.7 Å². The zero-order valence-electron chi connectivity index (χ0n) is 11.7. The number of hydrogen-bond acceptors (Lipinski definition) is 2. The molecule has 0 saturated heterocycles. The molecule has 0 fully saturated rings. The topological polar surface area (TPSA) is 24.4 Å². The molecule has 2 aromatic rings. The third-order valence-electron chi connectivity index (χ3n) is 3.43. The van der Waals surface area contributed by atoms with E-state index in [1.807, 2.05) is 36.4 Å². The normalized spacial score (nSPS) is 18.4. The predicted octanol–water partition coefficient (Wildman–Crippen LogP) is 5.06. The van der Waals surface area contributed by atoms with Crippen molar-refractivity contribution in [2.75, 3.05) is 5.32 Å². The van der Waals surface area contributed by atoms with Crippen LogP contribution in [-0.2, 0) is 0 Å². The van der Waals surface area contributed by atoms with Gasteiger partial charge in [-0.3, -0.25) is 4.99 Å². The number of para-hydroxylation sites is 2. The lowest BCUT2D eigenvalue weighted by Crippen LogP contribution is -2.38. The molecule has 0 aromatic heterocycles. The first kappa shape index (κ1) is 13.2. The summed E-state index contributed by atoms with van der Waals surface area (Å²) in [6, 6.07) is 16.0. The van der Waals surface area contributed by atoms with Gasteiger partial charge in [-0.05, 0) is 32.0 Å². The van der Waals surface area contributed by atoms with Crippen LogP contribution >= 0.6 is 11.6 Å². The van der Waals surface area contributed by atoms with Gasteiger partial charge in [0.1, 0.15) is 0 Å². The van der Waals surface area contributed by atoms with E-state index >= 15 is 0 Å². The Morgan fingerprint density at radius 1 is 1.05 bits per heavy atom. The highest BCUT2D eigenvalue weighted by Crippen LogP contribution is 2.33. The zero-order chi connectivity index (χ0) is 14.2. The first-order valence-corrected chi connectivity index (χ1v) is 7.13. The summed E-state index contributed by atoms with van der Waals surface area (Å²) in [6.45, 7) is 4.37. The van der Waals surface area contributed by atoms with Crippen molar-refractivity contribution < 1.29 is 0 Å². The van der Waals surface area contributed by atoms with Crippen LogP contribution in [0.2, 0.25) is 5.02 Å². The van der Waals surface area contributed by atoms with E-state index in [1.54, 1.807) is 0 Å². The van der Waals surface area contributed by atoms with Gasteiger partial charge < -0.3 is 5.32 Å². The first-order chi connectivity index (χ1) is 9.55. The van der Waals surface area contributed by atoms with E-state index in [9.17, 15) is 0 Å². The molecule has 0 amide bonds. The molecule has 1 aliphatic rings. The molecule has 102 valence electrons. The van der Waals surface area contributed by atoms with Crippen LogP contribution in [0.1, 0.15) is 25.8 Å². The number of halogens is 1. The molecule has 1 N–H and O–H groups in total. The van der Waals surface area contributed by atoms with Crippen LogP contribution in [-0.4, -0.2) is 11.3 Å². The van der Waals surface area contributed by atoms with E-state index < -0.39 is 0 Å². The molecule has 20 heavy (non-hydrogen) atoms. The smallest absolute Gasteiger partial charge is 0.0819 e. The summed E-state index contributed by atoms with van der Waals surface area (Å²) >= 11 is 6.22. The maximum absolute atomic E-state index is 6.22. The highest BCUT2D eigenvalue weighted by atomic mass is 35.5. The van der Waals surface area contributed by atoms with Crippen LogP contribution in [0.3, 0.4) is 0 Å². The molecule has 1 heterocycles. The third kappa shape index (κ3) is 2.56. The number of rotatable bonds is 1. The van der Waals surface area contributed by atoms with E-state index in [4.69, 9.17) is 16.6 Å². The van der Waals surface area contributed by atoms with Gasteiger partial charge >= 0.3 is 0 Å². The van der Waals surface area contributed by atoms with Gasteiger partial charge in [-0.25, -0.2) is 0 Å². The summed E-state index contributed by atoms with van der Waals surface area (Å²) in [7, 11) is 0. The number of fused-ring (bicyclic) bond motifs is 1. The molecule has 3 heteroatoms. The minimum atomic E-state index is -0.00551. The van der Waals surface area contributed by atoms with Gasteiger partial charge in [-0.1, -0.05) is 41.9 Å². The molecule has 0 unspecified atom stereocenters. The Labute approximate surface area is 124 Å². The molecular formula is C17H17ClN2. The second kappa shape index (κ2) is 4.95. The van der Waals surface area contributed by atoms with Crippen molar-refractivity contribution in [2.24, 2.45) is 4.99 Å². The first-order valence-electron chi connectivity index (χ1n) is 6.75. The minimum Gasteiger partial charge on any atom is -0.379 e. The van der Waals surface area contributed by atoms with Gasteiger partial charge in [-0.15, -0.1) is 0 Å². The van der Waals surface area contributed by atoms with E-state index in [-0.39, 0.29) is 5.54 Å². The van der Waals surface area contributed by atoms with Crippen LogP contribution in [0.4, 0.5) is 11.4 Å². The van der Waals surface area contributed by atoms with Crippen LogP contribution in [0.25, 0.3) is 0 Å². The van der Waals surface area contributed by atoms with Crippen LogP contribution in [0.5, 0.6) is 0 Å². The number of nitrogens with zero attached hydrogens (tertiary/aromatic N) is 1. The molecule has 2 aromatic carbocycles. The number of anilines is 1. The summed E-state index contributed by atoms with van der Waals surface area (Å²) in [5, 5.41) is 4.24. The highest BCUT2D eigenvalue weighted by molar-refractivity contribution is 6.33. The Balaban J connectivity index is 2.12. The number of nitrogens with one attached hydrogen (secondary N) is 1. The number of benzene rings is 2. The van der Waals surface area contributed by atoms with Crippen LogP contribution < -0.4 is 5.32 Å². The quantitative estimate of drug-likeness (QED) is 0.778. The standard InChI is InChI=1S/C17H17ClN2/c1-17(2)11-16(12-7-3-5-9-14(12)20-17)19-15-10-6-4-8-13(15)18/h3-10,20H,11H2,1-2H3. The Morgan fingerprint density at radius 2 is 1.75 bits per heavy atom. The van der Waals surface area contributed by atoms with Gasteiger partial charge in [0, 0.05) is 23.2 Å². The van der Waals surface area contributed by atoms with Crippen molar-refractivity contribution in [2.45, 2.75) is 25.8 Å². The second-order valence-corrected chi connectivity index (χ2v) is 6.15. The van der Waals surface area contributed by atoms with Crippen molar-refractivity contribution in [1.29, 1.82) is 0 Å². The maximum Gasteiger partial charge on any atom is 0.0819 e.